The average molecular weight is 234 g/mol. The minimum atomic E-state index is -0.691. The van der Waals surface area contributed by atoms with Crippen LogP contribution in [0.15, 0.2) is 23.8 Å². The van der Waals surface area contributed by atoms with E-state index in [4.69, 9.17) is 4.74 Å². The summed E-state index contributed by atoms with van der Waals surface area (Å²) in [5.74, 6) is -1.51. The fourth-order valence-electron chi connectivity index (χ4n) is 2.01. The van der Waals surface area contributed by atoms with E-state index in [0.717, 1.165) is 0 Å². The fraction of sp³-hybridized carbons (Fsp3) is 0.167. The zero-order valence-corrected chi connectivity index (χ0v) is 8.66. The molecule has 0 aliphatic carbocycles. The highest BCUT2D eigenvalue weighted by Gasteiger charge is 2.36. The van der Waals surface area contributed by atoms with Gasteiger partial charge in [-0.15, -0.1) is 0 Å². The first-order valence-electron chi connectivity index (χ1n) is 5.09. The Balaban J connectivity index is 2.25. The minimum absolute atomic E-state index is 0.197. The summed E-state index contributed by atoms with van der Waals surface area (Å²) in [5.41, 5.74) is 0.914. The van der Waals surface area contributed by atoms with Crippen molar-refractivity contribution < 1.29 is 23.5 Å². The lowest BCUT2D eigenvalue weighted by Crippen LogP contribution is -2.06. The Kier molecular flexibility index (Phi) is 2.01. The van der Waals surface area contributed by atoms with Gasteiger partial charge in [-0.25, -0.2) is 14.0 Å². The van der Waals surface area contributed by atoms with Crippen LogP contribution in [0, 0.1) is 5.82 Å². The predicted octanol–water partition coefficient (Wildman–Crippen LogP) is 1.45. The molecule has 0 aromatic heterocycles. The summed E-state index contributed by atoms with van der Waals surface area (Å²) < 4.78 is 22.9. The van der Waals surface area contributed by atoms with Gasteiger partial charge in [0, 0.05) is 18.1 Å². The van der Waals surface area contributed by atoms with Crippen molar-refractivity contribution in [2.24, 2.45) is 0 Å². The summed E-state index contributed by atoms with van der Waals surface area (Å²) in [6.45, 7) is 0.220. The van der Waals surface area contributed by atoms with E-state index in [1.165, 1.54) is 18.2 Å². The molecule has 5 heteroatoms. The van der Waals surface area contributed by atoms with Gasteiger partial charge in [0.05, 0.1) is 17.8 Å². The maximum Gasteiger partial charge on any atom is 0.347 e. The summed E-state index contributed by atoms with van der Waals surface area (Å²) in [6.07, 6.45) is 0.288. The fourth-order valence-corrected chi connectivity index (χ4v) is 2.01. The third kappa shape index (κ3) is 1.43. The molecular formula is C12H7FO4. The summed E-state index contributed by atoms with van der Waals surface area (Å²) in [4.78, 5) is 23.0. The molecule has 0 saturated heterocycles. The molecule has 17 heavy (non-hydrogen) atoms. The van der Waals surface area contributed by atoms with E-state index >= 15 is 0 Å². The van der Waals surface area contributed by atoms with E-state index < -0.39 is 17.8 Å². The third-order valence-corrected chi connectivity index (χ3v) is 2.76. The summed E-state index contributed by atoms with van der Waals surface area (Å²) in [6, 6.07) is 3.83. The predicted molar refractivity (Wildman–Crippen MR) is 54.5 cm³/mol. The van der Waals surface area contributed by atoms with Crippen LogP contribution in [0.4, 0.5) is 4.39 Å². The molecule has 0 spiro atoms. The van der Waals surface area contributed by atoms with Crippen molar-refractivity contribution >= 4 is 17.5 Å². The van der Waals surface area contributed by atoms with E-state index in [2.05, 4.69) is 4.74 Å². The molecule has 1 aromatic rings. The highest BCUT2D eigenvalue weighted by atomic mass is 19.1. The Bertz CT molecular complexity index is 574. The number of benzene rings is 1. The molecule has 0 saturated carbocycles. The van der Waals surface area contributed by atoms with Gasteiger partial charge in [-0.05, 0) is 12.1 Å². The molecule has 0 atom stereocenters. The largest absolute Gasteiger partial charge is 0.492 e. The van der Waals surface area contributed by atoms with Gasteiger partial charge in [-0.3, -0.25) is 0 Å². The van der Waals surface area contributed by atoms with Crippen molar-refractivity contribution in [1.29, 1.82) is 0 Å². The smallest absolute Gasteiger partial charge is 0.347 e. The van der Waals surface area contributed by atoms with Crippen LogP contribution in [0.5, 0.6) is 5.75 Å². The quantitative estimate of drug-likeness (QED) is 0.503. The van der Waals surface area contributed by atoms with E-state index in [1.54, 1.807) is 0 Å². The molecule has 0 unspecified atom stereocenters. The molecule has 0 amide bonds. The van der Waals surface area contributed by atoms with Crippen LogP contribution in [-0.4, -0.2) is 18.5 Å². The second-order valence-corrected chi connectivity index (χ2v) is 3.77. The molecule has 86 valence electrons. The van der Waals surface area contributed by atoms with Gasteiger partial charge in [0.2, 0.25) is 0 Å². The normalized spacial score (nSPS) is 18.2. The molecule has 0 fully saturated rings. The molecule has 4 nitrogen and oxygen atoms in total. The van der Waals surface area contributed by atoms with Crippen LogP contribution in [0.2, 0.25) is 0 Å². The maximum absolute atomic E-state index is 13.1. The standard InChI is InChI=1S/C12H7FO4/c13-6-1-2-7-9(5-6)16-4-3-8-10(7)12(15)17-11(8)14/h1-2,5H,3-4H2. The minimum Gasteiger partial charge on any atom is -0.492 e. The summed E-state index contributed by atoms with van der Waals surface area (Å²) in [7, 11) is 0. The number of carbonyl (C=O) groups excluding carboxylic acids is 2. The van der Waals surface area contributed by atoms with Crippen molar-refractivity contribution in [1.82, 2.24) is 0 Å². The molecule has 1 aromatic carbocycles. The number of hydrogen-bond donors (Lipinski definition) is 0. The van der Waals surface area contributed by atoms with Gasteiger partial charge in [-0.2, -0.15) is 0 Å². The first kappa shape index (κ1) is 10.0. The molecule has 2 aliphatic rings. The van der Waals surface area contributed by atoms with Gasteiger partial charge in [0.1, 0.15) is 11.6 Å². The number of esters is 2. The summed E-state index contributed by atoms with van der Waals surface area (Å²) in [5, 5.41) is 0. The Labute approximate surface area is 95.6 Å². The Morgan fingerprint density at radius 3 is 2.82 bits per heavy atom. The second-order valence-electron chi connectivity index (χ2n) is 3.77. The topological polar surface area (TPSA) is 52.6 Å². The van der Waals surface area contributed by atoms with Gasteiger partial charge >= 0.3 is 11.9 Å². The maximum atomic E-state index is 13.1. The number of carbonyl (C=O) groups is 2. The molecular weight excluding hydrogens is 227 g/mol. The molecule has 0 bridgehead atoms. The van der Waals surface area contributed by atoms with Crippen molar-refractivity contribution in [3.05, 3.63) is 35.2 Å². The second kappa shape index (κ2) is 3.41. The van der Waals surface area contributed by atoms with Crippen molar-refractivity contribution in [2.45, 2.75) is 6.42 Å². The Hall–Kier alpha value is -2.17. The van der Waals surface area contributed by atoms with Gasteiger partial charge in [0.15, 0.2) is 0 Å². The van der Waals surface area contributed by atoms with E-state index in [1.807, 2.05) is 0 Å². The third-order valence-electron chi connectivity index (χ3n) is 2.76. The van der Waals surface area contributed by atoms with Crippen LogP contribution in [0.3, 0.4) is 0 Å². The zero-order valence-electron chi connectivity index (χ0n) is 8.66. The van der Waals surface area contributed by atoms with Crippen LogP contribution in [-0.2, 0) is 14.3 Å². The first-order chi connectivity index (χ1) is 8.16. The number of halogens is 1. The van der Waals surface area contributed by atoms with Gasteiger partial charge in [0.25, 0.3) is 0 Å². The zero-order chi connectivity index (χ0) is 12.0. The van der Waals surface area contributed by atoms with E-state index in [-0.39, 0.29) is 24.4 Å². The van der Waals surface area contributed by atoms with Crippen LogP contribution in [0.25, 0.3) is 5.57 Å². The van der Waals surface area contributed by atoms with Crippen molar-refractivity contribution in [3.8, 4) is 5.75 Å². The number of ether oxygens (including phenoxy) is 2. The Morgan fingerprint density at radius 1 is 1.18 bits per heavy atom. The first-order valence-corrected chi connectivity index (χ1v) is 5.09. The molecule has 0 N–H and O–H groups in total. The van der Waals surface area contributed by atoms with Crippen molar-refractivity contribution in [2.75, 3.05) is 6.61 Å². The van der Waals surface area contributed by atoms with E-state index in [0.29, 0.717) is 11.1 Å². The molecule has 2 aliphatic heterocycles. The molecule has 3 rings (SSSR count). The number of rotatable bonds is 0. The lowest BCUT2D eigenvalue weighted by atomic mass is 10.00. The van der Waals surface area contributed by atoms with Crippen LogP contribution < -0.4 is 4.74 Å². The average Bonchev–Trinajstić information content (AvgIpc) is 2.48. The van der Waals surface area contributed by atoms with Crippen LogP contribution >= 0.6 is 0 Å². The number of hydrogen-bond acceptors (Lipinski definition) is 4. The molecule has 0 radical (unpaired) electrons. The van der Waals surface area contributed by atoms with Gasteiger partial charge in [-0.1, -0.05) is 0 Å². The number of fused-ring (bicyclic) bond motifs is 2. The highest BCUT2D eigenvalue weighted by molar-refractivity contribution is 6.31. The lowest BCUT2D eigenvalue weighted by molar-refractivity contribution is -0.150. The Morgan fingerprint density at radius 2 is 2.00 bits per heavy atom. The molecule has 2 heterocycles. The van der Waals surface area contributed by atoms with Crippen LogP contribution in [0.1, 0.15) is 12.0 Å². The SMILES string of the molecule is O=C1OC(=O)C2=C1CCOc1cc(F)ccc12. The highest BCUT2D eigenvalue weighted by Crippen LogP contribution is 2.37. The lowest BCUT2D eigenvalue weighted by Gasteiger charge is -2.07. The van der Waals surface area contributed by atoms with Gasteiger partial charge < -0.3 is 9.47 Å². The monoisotopic (exact) mass is 234 g/mol. The number of cyclic esters (lactones) is 2. The summed E-state index contributed by atoms with van der Waals surface area (Å²) >= 11 is 0. The van der Waals surface area contributed by atoms with Crippen molar-refractivity contribution in [3.63, 3.8) is 0 Å². The van der Waals surface area contributed by atoms with E-state index in [9.17, 15) is 14.0 Å².